The van der Waals surface area contributed by atoms with E-state index in [0.717, 1.165) is 0 Å². The first-order valence-corrected chi connectivity index (χ1v) is 7.63. The number of hydrogen-bond donors (Lipinski definition) is 0. The molecule has 0 aromatic rings. The van der Waals surface area contributed by atoms with Crippen LogP contribution < -0.4 is 0 Å². The van der Waals surface area contributed by atoms with Crippen LogP contribution in [0.15, 0.2) is 12.2 Å². The van der Waals surface area contributed by atoms with E-state index in [1.54, 1.807) is 0 Å². The van der Waals surface area contributed by atoms with Crippen molar-refractivity contribution in [3.05, 3.63) is 12.2 Å². The molecular weight excluding hydrogens is 148 g/mol. The fraction of sp³-hybridized carbons (Fsp3) is 0.800. The van der Waals surface area contributed by atoms with E-state index in [-0.39, 0.29) is 0 Å². The minimum atomic E-state index is -1.01. The summed E-state index contributed by atoms with van der Waals surface area (Å²) in [5.41, 5.74) is 0. The van der Waals surface area contributed by atoms with Crippen LogP contribution in [0.1, 0.15) is 27.7 Å². The monoisotopic (exact) mass is 170 g/mol. The molecule has 0 aliphatic heterocycles. The van der Waals surface area contributed by atoms with Crippen molar-refractivity contribution in [1.29, 1.82) is 0 Å². The van der Waals surface area contributed by atoms with Gasteiger partial charge in [0, 0.05) is 0 Å². The second-order valence-corrected chi connectivity index (χ2v) is 10.6. The minimum Gasteiger partial charge on any atom is -0.0919 e. The molecule has 11 heavy (non-hydrogen) atoms. The molecule has 0 amide bonds. The molecule has 0 unspecified atom stereocenters. The van der Waals surface area contributed by atoms with Crippen LogP contribution in [0.3, 0.4) is 0 Å². The lowest BCUT2D eigenvalue weighted by Crippen LogP contribution is -2.36. The number of rotatable bonds is 2. The molecule has 0 aromatic heterocycles. The summed E-state index contributed by atoms with van der Waals surface area (Å²) in [6.07, 6.45) is 4.48. The molecule has 0 fully saturated rings. The van der Waals surface area contributed by atoms with Crippen LogP contribution in [-0.2, 0) is 0 Å². The van der Waals surface area contributed by atoms with Crippen molar-refractivity contribution in [3.63, 3.8) is 0 Å². The summed E-state index contributed by atoms with van der Waals surface area (Å²) in [5, 5.41) is 0.534. The van der Waals surface area contributed by atoms with Gasteiger partial charge in [0.25, 0.3) is 0 Å². The predicted molar refractivity (Wildman–Crippen MR) is 56.8 cm³/mol. The lowest BCUT2D eigenvalue weighted by atomic mass is 10.2. The van der Waals surface area contributed by atoms with E-state index in [9.17, 15) is 0 Å². The first-order chi connectivity index (χ1) is 4.81. The maximum Gasteiger partial charge on any atom is 0.0565 e. The van der Waals surface area contributed by atoms with E-state index < -0.39 is 8.07 Å². The molecule has 0 saturated heterocycles. The molecule has 0 spiro atoms. The van der Waals surface area contributed by atoms with Crippen molar-refractivity contribution in [1.82, 2.24) is 0 Å². The zero-order valence-corrected chi connectivity index (χ0v) is 9.86. The van der Waals surface area contributed by atoms with Crippen molar-refractivity contribution in [2.75, 3.05) is 0 Å². The van der Waals surface area contributed by atoms with Crippen LogP contribution in [-0.4, -0.2) is 8.07 Å². The fourth-order valence-electron chi connectivity index (χ4n) is 0.719. The van der Waals surface area contributed by atoms with E-state index in [1.807, 2.05) is 0 Å². The third kappa shape index (κ3) is 3.24. The summed E-state index contributed by atoms with van der Waals surface area (Å²) in [4.78, 5) is 0. The molecule has 66 valence electrons. The average molecular weight is 170 g/mol. The van der Waals surface area contributed by atoms with Crippen molar-refractivity contribution in [2.24, 2.45) is 0 Å². The van der Waals surface area contributed by atoms with E-state index in [2.05, 4.69) is 52.9 Å². The lowest BCUT2D eigenvalue weighted by molar-refractivity contribution is 0.719. The second-order valence-electron chi connectivity index (χ2n) is 4.91. The summed E-state index contributed by atoms with van der Waals surface area (Å²) in [5.74, 6) is 0. The third-order valence-electron chi connectivity index (χ3n) is 2.89. The maximum atomic E-state index is 2.47. The normalized spacial score (nSPS) is 14.4. The molecule has 1 heteroatoms. The van der Waals surface area contributed by atoms with Crippen LogP contribution in [0.5, 0.6) is 0 Å². The first kappa shape index (κ1) is 11.0. The average Bonchev–Trinajstić information content (AvgIpc) is 1.81. The van der Waals surface area contributed by atoms with E-state index in [4.69, 9.17) is 0 Å². The Morgan fingerprint density at radius 2 is 1.64 bits per heavy atom. The Morgan fingerprint density at radius 3 is 1.91 bits per heavy atom. The van der Waals surface area contributed by atoms with Gasteiger partial charge in [-0.25, -0.2) is 0 Å². The number of allylic oxidation sites excluding steroid dienone is 2. The molecule has 0 aliphatic rings. The summed E-state index contributed by atoms with van der Waals surface area (Å²) in [6, 6.07) is 1.31. The summed E-state index contributed by atoms with van der Waals surface area (Å²) < 4.78 is 0. The van der Waals surface area contributed by atoms with Gasteiger partial charge in [0.15, 0.2) is 0 Å². The topological polar surface area (TPSA) is 0 Å². The highest BCUT2D eigenvalue weighted by molar-refractivity contribution is 6.80. The van der Waals surface area contributed by atoms with Crippen LogP contribution in [0, 0.1) is 0 Å². The van der Waals surface area contributed by atoms with Crippen LogP contribution in [0.2, 0.25) is 24.2 Å². The van der Waals surface area contributed by atoms with Crippen molar-refractivity contribution in [2.45, 2.75) is 51.9 Å². The molecule has 0 aromatic carbocycles. The largest absolute Gasteiger partial charge is 0.0919 e. The molecular formula is C10H22Si. The van der Waals surface area contributed by atoms with Crippen molar-refractivity contribution in [3.8, 4) is 0 Å². The minimum absolute atomic E-state index is 0.534. The van der Waals surface area contributed by atoms with Gasteiger partial charge in [0.1, 0.15) is 0 Å². The second kappa shape index (κ2) is 3.57. The lowest BCUT2D eigenvalue weighted by Gasteiger charge is -2.36. The Kier molecular flexibility index (Phi) is 3.56. The molecule has 0 nitrogen and oxygen atoms in total. The van der Waals surface area contributed by atoms with E-state index >= 15 is 0 Å². The summed E-state index contributed by atoms with van der Waals surface area (Å²) >= 11 is 0. The van der Waals surface area contributed by atoms with Crippen molar-refractivity contribution >= 4 is 8.07 Å². The highest BCUT2D eigenvalue weighted by Gasteiger charge is 2.33. The van der Waals surface area contributed by atoms with Gasteiger partial charge in [-0.1, -0.05) is 46.0 Å². The zero-order chi connectivity index (χ0) is 9.12. The van der Waals surface area contributed by atoms with Gasteiger partial charge in [-0.05, 0) is 18.0 Å². The Bertz CT molecular complexity index is 137. The Labute approximate surface area is 72.7 Å². The molecule has 0 N–H and O–H groups in total. The van der Waals surface area contributed by atoms with E-state index in [1.165, 1.54) is 6.04 Å². The van der Waals surface area contributed by atoms with Gasteiger partial charge in [-0.3, -0.25) is 0 Å². The molecule has 0 bridgehead atoms. The quantitative estimate of drug-likeness (QED) is 0.433. The molecule has 0 heterocycles. The van der Waals surface area contributed by atoms with Gasteiger partial charge in [-0.15, -0.1) is 0 Å². The maximum absolute atomic E-state index is 2.47. The number of hydrogen-bond acceptors (Lipinski definition) is 0. The van der Waals surface area contributed by atoms with Gasteiger partial charge < -0.3 is 0 Å². The van der Waals surface area contributed by atoms with E-state index in [0.29, 0.717) is 5.04 Å². The van der Waals surface area contributed by atoms with Gasteiger partial charge in [0.2, 0.25) is 0 Å². The zero-order valence-electron chi connectivity index (χ0n) is 8.86. The third-order valence-corrected chi connectivity index (χ3v) is 8.21. The molecule has 0 radical (unpaired) electrons. The Hall–Kier alpha value is -0.0431. The summed E-state index contributed by atoms with van der Waals surface area (Å²) in [7, 11) is -1.01. The van der Waals surface area contributed by atoms with Crippen LogP contribution in [0.25, 0.3) is 0 Å². The predicted octanol–water partition coefficient (Wildman–Crippen LogP) is 4.07. The highest BCUT2D eigenvalue weighted by Crippen LogP contribution is 2.38. The molecule has 0 atom stereocenters. The SMILES string of the molecule is C/C=C\C[Si](C)(C)C(C)(C)C. The Balaban J connectivity index is 4.22. The molecule has 0 rings (SSSR count). The van der Waals surface area contributed by atoms with Gasteiger partial charge in [0.05, 0.1) is 8.07 Å². The molecule has 0 saturated carbocycles. The fourth-order valence-corrected chi connectivity index (χ4v) is 2.16. The van der Waals surface area contributed by atoms with Crippen LogP contribution in [0.4, 0.5) is 0 Å². The standard InChI is InChI=1S/C10H22Si/c1-7-8-9-11(5,6)10(2,3)4/h7-8H,9H2,1-6H3/b8-7-. The van der Waals surface area contributed by atoms with Crippen molar-refractivity contribution < 1.29 is 0 Å². The molecule has 0 aliphatic carbocycles. The van der Waals surface area contributed by atoms with Crippen LogP contribution >= 0.6 is 0 Å². The van der Waals surface area contributed by atoms with Gasteiger partial charge in [-0.2, -0.15) is 0 Å². The highest BCUT2D eigenvalue weighted by atomic mass is 28.3. The smallest absolute Gasteiger partial charge is 0.0565 e. The summed E-state index contributed by atoms with van der Waals surface area (Å²) in [6.45, 7) is 14.1. The Morgan fingerprint density at radius 1 is 1.18 bits per heavy atom. The first-order valence-electron chi connectivity index (χ1n) is 4.42. The van der Waals surface area contributed by atoms with Gasteiger partial charge >= 0.3 is 0 Å².